The molecular formula is C26H17N3O. The molecule has 4 nitrogen and oxygen atoms in total. The molecule has 30 heavy (non-hydrogen) atoms. The molecule has 4 aromatic carbocycles. The Bertz CT molecular complexity index is 1370. The van der Waals surface area contributed by atoms with Crippen LogP contribution >= 0.6 is 0 Å². The molecule has 0 N–H and O–H groups in total. The van der Waals surface area contributed by atoms with Crippen LogP contribution < -0.4 is 4.90 Å². The number of fused-ring (bicyclic) bond motifs is 3. The lowest BCUT2D eigenvalue weighted by molar-refractivity contribution is 0.575. The topological polar surface area (TPSA) is 42.2 Å². The molecule has 0 spiro atoms. The summed E-state index contributed by atoms with van der Waals surface area (Å²) in [6.45, 7) is 0. The number of nitrogens with zero attached hydrogens (tertiary/aromatic N) is 3. The Morgan fingerprint density at radius 1 is 0.600 bits per heavy atom. The Labute approximate surface area is 173 Å². The Kier molecular flexibility index (Phi) is 3.74. The monoisotopic (exact) mass is 387 g/mol. The maximum Gasteiger partial charge on any atom is 0.327 e. The van der Waals surface area contributed by atoms with Crippen molar-refractivity contribution in [2.75, 3.05) is 4.90 Å². The minimum absolute atomic E-state index is 0.446. The highest BCUT2D eigenvalue weighted by Gasteiger charge is 2.24. The van der Waals surface area contributed by atoms with Crippen LogP contribution in [0, 0.1) is 0 Å². The summed E-state index contributed by atoms with van der Waals surface area (Å²) >= 11 is 0. The summed E-state index contributed by atoms with van der Waals surface area (Å²) in [6.07, 6.45) is 4.24. The molecule has 0 bridgehead atoms. The average Bonchev–Trinajstić information content (AvgIpc) is 3.22. The van der Waals surface area contributed by atoms with Crippen LogP contribution in [0.5, 0.6) is 0 Å². The van der Waals surface area contributed by atoms with E-state index in [2.05, 4.69) is 70.9 Å². The highest BCUT2D eigenvalue weighted by atomic mass is 16.4. The van der Waals surface area contributed by atoms with Crippen molar-refractivity contribution in [1.82, 2.24) is 10.2 Å². The van der Waals surface area contributed by atoms with Gasteiger partial charge in [-0.05, 0) is 46.2 Å². The normalized spacial score (nSPS) is 12.5. The van der Waals surface area contributed by atoms with E-state index in [9.17, 15) is 0 Å². The number of aromatic nitrogens is 2. The summed E-state index contributed by atoms with van der Waals surface area (Å²) < 4.78 is 6.20. The molecule has 1 aromatic heterocycles. The van der Waals surface area contributed by atoms with Crippen LogP contribution in [0.2, 0.25) is 0 Å². The van der Waals surface area contributed by atoms with E-state index in [4.69, 9.17) is 4.42 Å². The maximum atomic E-state index is 6.20. The highest BCUT2D eigenvalue weighted by molar-refractivity contribution is 5.92. The number of rotatable bonds is 2. The van der Waals surface area contributed by atoms with Gasteiger partial charge in [0.05, 0.1) is 11.4 Å². The average molecular weight is 387 g/mol. The van der Waals surface area contributed by atoms with Gasteiger partial charge in [-0.3, -0.25) is 4.90 Å². The van der Waals surface area contributed by atoms with Crippen molar-refractivity contribution in [2.24, 2.45) is 0 Å². The van der Waals surface area contributed by atoms with Gasteiger partial charge in [0.2, 0.25) is 5.89 Å². The minimum Gasteiger partial charge on any atom is -0.403 e. The first kappa shape index (κ1) is 16.7. The third kappa shape index (κ3) is 2.70. The van der Waals surface area contributed by atoms with Crippen molar-refractivity contribution < 1.29 is 4.42 Å². The maximum absolute atomic E-state index is 6.20. The van der Waals surface area contributed by atoms with Crippen LogP contribution in [-0.4, -0.2) is 10.2 Å². The first-order chi connectivity index (χ1) is 14.9. The Morgan fingerprint density at radius 2 is 1.23 bits per heavy atom. The lowest BCUT2D eigenvalue weighted by Gasteiger charge is -2.22. The zero-order valence-corrected chi connectivity index (χ0v) is 16.1. The molecular weight excluding hydrogens is 370 g/mol. The number of benzene rings is 4. The molecule has 0 unspecified atom stereocenters. The molecule has 142 valence electrons. The van der Waals surface area contributed by atoms with Crippen molar-refractivity contribution in [2.45, 2.75) is 0 Å². The molecule has 6 rings (SSSR count). The molecule has 0 radical (unpaired) electrons. The Hall–Kier alpha value is -4.18. The van der Waals surface area contributed by atoms with Crippen LogP contribution in [0.25, 0.3) is 34.4 Å². The standard InChI is InChI=1S/C26H17N3O/c1-2-10-21-17-22(16-13-18(21)7-1)25-27-28-26(30-25)29-23-11-5-3-8-19(23)14-15-20-9-4-6-12-24(20)29/h1-17H. The fourth-order valence-electron chi connectivity index (χ4n) is 3.92. The molecule has 2 heterocycles. The summed E-state index contributed by atoms with van der Waals surface area (Å²) in [7, 11) is 0. The van der Waals surface area contributed by atoms with E-state index in [-0.39, 0.29) is 0 Å². The van der Waals surface area contributed by atoms with E-state index in [1.54, 1.807) is 0 Å². The second-order valence-corrected chi connectivity index (χ2v) is 7.24. The van der Waals surface area contributed by atoms with Crippen molar-refractivity contribution in [3.05, 3.63) is 102 Å². The predicted octanol–water partition coefficient (Wildman–Crippen LogP) is 6.84. The van der Waals surface area contributed by atoms with Crippen molar-refractivity contribution in [3.8, 4) is 11.5 Å². The van der Waals surface area contributed by atoms with Crippen LogP contribution in [0.1, 0.15) is 11.1 Å². The van der Waals surface area contributed by atoms with Gasteiger partial charge in [0.1, 0.15) is 0 Å². The number of hydrogen-bond donors (Lipinski definition) is 0. The molecule has 0 saturated carbocycles. The molecule has 0 aliphatic carbocycles. The molecule has 5 aromatic rings. The van der Waals surface area contributed by atoms with Gasteiger partial charge in [-0.1, -0.05) is 84.0 Å². The lowest BCUT2D eigenvalue weighted by atomic mass is 10.1. The smallest absolute Gasteiger partial charge is 0.327 e. The number of hydrogen-bond acceptors (Lipinski definition) is 4. The van der Waals surface area contributed by atoms with Gasteiger partial charge in [-0.25, -0.2) is 0 Å². The number of para-hydroxylation sites is 2. The summed E-state index contributed by atoms with van der Waals surface area (Å²) in [4.78, 5) is 2.03. The molecule has 4 heteroatoms. The van der Waals surface area contributed by atoms with Gasteiger partial charge >= 0.3 is 6.01 Å². The third-order valence-electron chi connectivity index (χ3n) is 5.40. The fourth-order valence-corrected chi connectivity index (χ4v) is 3.92. The second-order valence-electron chi connectivity index (χ2n) is 7.24. The third-order valence-corrected chi connectivity index (χ3v) is 5.40. The molecule has 0 atom stereocenters. The summed E-state index contributed by atoms with van der Waals surface area (Å²) in [5, 5.41) is 11.1. The first-order valence-electron chi connectivity index (χ1n) is 9.86. The molecule has 0 fully saturated rings. The minimum atomic E-state index is 0.446. The van der Waals surface area contributed by atoms with Gasteiger partial charge < -0.3 is 4.42 Å². The summed E-state index contributed by atoms with van der Waals surface area (Å²) in [5.41, 5.74) is 5.11. The fraction of sp³-hybridized carbons (Fsp3) is 0. The predicted molar refractivity (Wildman–Crippen MR) is 121 cm³/mol. The summed E-state index contributed by atoms with van der Waals surface area (Å²) in [6, 6.07) is 31.3. The van der Waals surface area contributed by atoms with Gasteiger partial charge in [0.25, 0.3) is 0 Å². The van der Waals surface area contributed by atoms with Crippen molar-refractivity contribution >= 4 is 40.3 Å². The van der Waals surface area contributed by atoms with E-state index < -0.39 is 0 Å². The zero-order valence-electron chi connectivity index (χ0n) is 16.1. The van der Waals surface area contributed by atoms with Gasteiger partial charge in [-0.15, -0.1) is 5.10 Å². The molecule has 0 amide bonds. The van der Waals surface area contributed by atoms with E-state index >= 15 is 0 Å². The van der Waals surface area contributed by atoms with Crippen molar-refractivity contribution in [1.29, 1.82) is 0 Å². The molecule has 1 aliphatic rings. The van der Waals surface area contributed by atoms with E-state index in [0.717, 1.165) is 33.5 Å². The van der Waals surface area contributed by atoms with E-state index in [1.807, 2.05) is 47.4 Å². The highest BCUT2D eigenvalue weighted by Crippen LogP contribution is 2.41. The van der Waals surface area contributed by atoms with Gasteiger partial charge in [-0.2, -0.15) is 0 Å². The van der Waals surface area contributed by atoms with Gasteiger partial charge in [0, 0.05) is 5.56 Å². The SMILES string of the molecule is C1=Cc2ccccc2N(c2nnc(-c3ccc4ccccc4c3)o2)c2ccccc21. The Balaban J connectivity index is 1.50. The van der Waals surface area contributed by atoms with Crippen LogP contribution in [-0.2, 0) is 0 Å². The number of anilines is 3. The largest absolute Gasteiger partial charge is 0.403 e. The zero-order chi connectivity index (χ0) is 19.9. The quantitative estimate of drug-likeness (QED) is 0.326. The van der Waals surface area contributed by atoms with E-state index in [0.29, 0.717) is 11.9 Å². The van der Waals surface area contributed by atoms with E-state index in [1.165, 1.54) is 5.39 Å². The Morgan fingerprint density at radius 3 is 1.97 bits per heavy atom. The van der Waals surface area contributed by atoms with Crippen LogP contribution in [0.15, 0.2) is 95.4 Å². The van der Waals surface area contributed by atoms with Crippen molar-refractivity contribution in [3.63, 3.8) is 0 Å². The van der Waals surface area contributed by atoms with Gasteiger partial charge in [0.15, 0.2) is 0 Å². The first-order valence-corrected chi connectivity index (χ1v) is 9.86. The van der Waals surface area contributed by atoms with Crippen LogP contribution in [0.4, 0.5) is 17.4 Å². The lowest BCUT2D eigenvalue weighted by Crippen LogP contribution is -2.12. The van der Waals surface area contributed by atoms with Crippen LogP contribution in [0.3, 0.4) is 0 Å². The molecule has 0 saturated heterocycles. The molecule has 1 aliphatic heterocycles. The summed E-state index contributed by atoms with van der Waals surface area (Å²) in [5.74, 6) is 0.503. The second kappa shape index (κ2) is 6.71.